The summed E-state index contributed by atoms with van der Waals surface area (Å²) in [5, 5.41) is 59.2. The average molecular weight is 1370 g/mol. The highest BCUT2D eigenvalue weighted by molar-refractivity contribution is 6.72. The van der Waals surface area contributed by atoms with E-state index in [1.807, 2.05) is 53.4 Å². The van der Waals surface area contributed by atoms with Crippen LogP contribution in [0.5, 0.6) is 0 Å². The fourth-order valence-electron chi connectivity index (χ4n) is 11.3. The van der Waals surface area contributed by atoms with Crippen LogP contribution in [0.1, 0.15) is 67.3 Å². The number of aliphatic carboxylic acids is 3. The molecule has 0 unspecified atom stereocenters. The first-order valence-electron chi connectivity index (χ1n) is 33.1. The number of guanidine groups is 1. The summed E-state index contributed by atoms with van der Waals surface area (Å²) in [7, 11) is -0.0486. The van der Waals surface area contributed by atoms with Crippen molar-refractivity contribution in [2.45, 2.75) is 101 Å². The molecule has 0 aliphatic carbocycles. The van der Waals surface area contributed by atoms with Crippen molar-refractivity contribution in [3.05, 3.63) is 126 Å². The molecular formula is C66H93BN18O14. The maximum atomic E-state index is 14.8. The number of nitrogens with zero attached hydrogens (tertiary/aromatic N) is 5. The van der Waals surface area contributed by atoms with Crippen LogP contribution in [-0.2, 0) is 78.4 Å². The van der Waals surface area contributed by atoms with Crippen molar-refractivity contribution in [1.82, 2.24) is 77.0 Å². The molecule has 18 N–H and O–H groups in total. The van der Waals surface area contributed by atoms with Crippen molar-refractivity contribution in [3.8, 4) is 0 Å². The monoisotopic (exact) mass is 1370 g/mol. The topological polar surface area (TPSA) is 478 Å². The normalized spacial score (nSPS) is 15.0. The third-order valence-corrected chi connectivity index (χ3v) is 16.5. The Morgan fingerprint density at radius 1 is 0.525 bits per heavy atom. The molecule has 534 valence electrons. The lowest BCUT2D eigenvalue weighted by atomic mass is 9.86. The third-order valence-electron chi connectivity index (χ3n) is 16.5. The van der Waals surface area contributed by atoms with E-state index in [4.69, 9.17) is 16.9 Å². The largest absolute Gasteiger partial charge is 0.480 e. The number of nitrogens with two attached hydrogens (primary N) is 2. The van der Waals surface area contributed by atoms with Gasteiger partial charge in [0.15, 0.2) is 5.96 Å². The number of carbonyl (C=O) groups excluding carboxylic acids is 8. The number of carboxylic acid groups (broad SMARTS) is 3. The molecule has 1 saturated heterocycles. The van der Waals surface area contributed by atoms with Gasteiger partial charge in [0.2, 0.25) is 41.4 Å². The molecule has 0 spiro atoms. The summed E-state index contributed by atoms with van der Waals surface area (Å²) in [4.78, 5) is 163. The van der Waals surface area contributed by atoms with Gasteiger partial charge < -0.3 is 84.0 Å². The van der Waals surface area contributed by atoms with Gasteiger partial charge in [0, 0.05) is 120 Å². The number of carbonyl (C=O) groups is 11. The van der Waals surface area contributed by atoms with E-state index in [2.05, 4.69) is 57.4 Å². The highest BCUT2D eigenvalue weighted by Crippen LogP contribution is 2.20. The second-order valence-electron chi connectivity index (χ2n) is 24.4. The second kappa shape index (κ2) is 41.9. The molecule has 7 amide bonds. The molecule has 32 nitrogen and oxygen atoms in total. The van der Waals surface area contributed by atoms with Crippen LogP contribution in [0.4, 0.5) is 0 Å². The Morgan fingerprint density at radius 3 is 1.61 bits per heavy atom. The molecule has 2 aromatic heterocycles. The minimum absolute atomic E-state index is 0.00269. The van der Waals surface area contributed by atoms with Gasteiger partial charge in [-0.2, -0.15) is 0 Å². The molecular weight excluding hydrogens is 1280 g/mol. The minimum Gasteiger partial charge on any atom is -0.480 e. The van der Waals surface area contributed by atoms with Crippen LogP contribution in [0.15, 0.2) is 104 Å². The van der Waals surface area contributed by atoms with Gasteiger partial charge in [0.25, 0.3) is 7.41 Å². The van der Waals surface area contributed by atoms with E-state index >= 15 is 0 Å². The Morgan fingerprint density at radius 2 is 1.04 bits per heavy atom. The maximum Gasteiger partial charge on any atom is 0.317 e. The molecule has 1 aliphatic heterocycles. The predicted octanol–water partition coefficient (Wildman–Crippen LogP) is -2.66. The summed E-state index contributed by atoms with van der Waals surface area (Å²) in [5.74, 6) is -8.66. The maximum absolute atomic E-state index is 14.8. The number of carboxylic acids is 3. The molecule has 1 fully saturated rings. The zero-order valence-electron chi connectivity index (χ0n) is 55.5. The van der Waals surface area contributed by atoms with Crippen molar-refractivity contribution < 1.29 is 68.1 Å². The van der Waals surface area contributed by atoms with Crippen molar-refractivity contribution >= 4 is 89.2 Å². The number of nitrogens with one attached hydrogen (secondary N) is 11. The number of imidazole rings is 1. The van der Waals surface area contributed by atoms with Gasteiger partial charge in [-0.05, 0) is 74.2 Å². The number of hydrogen-bond acceptors (Lipinski definition) is 18. The SMILES string of the molecule is N=C(N)NCCC[C@H](NC(=O)[C@@H](Cc1ccccc1)NC(=O)[C@H](Cc1cnc[nH]1)NC(=O)CCCc1ccccc1)C(=O)N[C@@H](Cc1c[nH]c2ccccc12)C(=O)NCC(=O)N[C@@H](CCCCNBC(=O)CN1CCN(CC(=O)O)CCN(CC(=O)O)CCN(CC(=O)O)CC1)C(N)=O. The van der Waals surface area contributed by atoms with Crippen LogP contribution in [0.25, 0.3) is 10.9 Å². The molecule has 33 heteroatoms. The van der Waals surface area contributed by atoms with Gasteiger partial charge in [0.1, 0.15) is 35.9 Å². The second-order valence-corrected chi connectivity index (χ2v) is 24.4. The quantitative estimate of drug-likeness (QED) is 0.00822. The summed E-state index contributed by atoms with van der Waals surface area (Å²) in [6, 6.07) is 19.3. The Balaban J connectivity index is 1.07. The molecule has 3 aromatic carbocycles. The first-order valence-corrected chi connectivity index (χ1v) is 33.1. The van der Waals surface area contributed by atoms with E-state index in [9.17, 15) is 68.1 Å². The van der Waals surface area contributed by atoms with Gasteiger partial charge in [-0.3, -0.25) is 73.0 Å². The summed E-state index contributed by atoms with van der Waals surface area (Å²) in [6.07, 6.45) is 6.71. The van der Waals surface area contributed by atoms with Crippen LogP contribution in [0.3, 0.4) is 0 Å². The number of fused-ring (bicyclic) bond motifs is 1. The van der Waals surface area contributed by atoms with Crippen LogP contribution in [0.2, 0.25) is 0 Å². The Kier molecular flexibility index (Phi) is 33.0. The van der Waals surface area contributed by atoms with Gasteiger partial charge in [-0.25, -0.2) is 4.98 Å². The van der Waals surface area contributed by atoms with E-state index in [0.717, 1.165) is 16.5 Å². The summed E-state index contributed by atoms with van der Waals surface area (Å²) in [5.41, 5.74) is 14.7. The van der Waals surface area contributed by atoms with Crippen molar-refractivity contribution in [2.75, 3.05) is 98.2 Å². The number of aromatic nitrogens is 3. The molecule has 1 aliphatic rings. The van der Waals surface area contributed by atoms with Crippen LogP contribution in [0, 0.1) is 5.41 Å². The standard InChI is InChI=1S/C66H93BN18O14/c68-61(95)50(20-9-10-24-76-67-55(86)39-82-25-27-83(40-58(89)90)29-31-85(42-60(93)94)32-30-84(28-26-82)41-59(91)92)77-57(88)38-74-62(96)53(34-46-36-73-49-19-8-7-18-48(46)49)81-63(97)51(21-12-23-72-66(69)70)79-64(98)52(33-45-15-5-2-6-16-45)80-65(99)54(35-47-37-71-43-75-47)78-56(87)22-11-17-44-13-3-1-4-14-44/h1-8,13-16,18-19,36-37,43,50-54,67,73,76H,9-12,17,20-35,38-42H2,(H2,68,95)(H,71,75)(H,74,96)(H,77,88)(H,78,87)(H,79,98)(H,80,99)(H,81,97)(H,89,90)(H,91,92)(H,93,94)(H4,69,70,72)/t50-,51-,52+,53-,54-/m0/s1. The number of primary amides is 1. The fourth-order valence-corrected chi connectivity index (χ4v) is 11.3. The van der Waals surface area contributed by atoms with E-state index in [1.54, 1.807) is 57.3 Å². The zero-order chi connectivity index (χ0) is 71.5. The van der Waals surface area contributed by atoms with Crippen molar-refractivity contribution in [3.63, 3.8) is 0 Å². The number of rotatable bonds is 41. The predicted molar refractivity (Wildman–Crippen MR) is 368 cm³/mol. The van der Waals surface area contributed by atoms with E-state index < -0.39 is 90.1 Å². The number of unbranched alkanes of at least 4 members (excludes halogenated alkanes) is 1. The third kappa shape index (κ3) is 29.7. The molecule has 0 bridgehead atoms. The molecule has 3 heterocycles. The van der Waals surface area contributed by atoms with Crippen LogP contribution < -0.4 is 53.9 Å². The summed E-state index contributed by atoms with van der Waals surface area (Å²) in [6.45, 7) is 0.795. The number of hydrogen-bond donors (Lipinski definition) is 16. The van der Waals surface area contributed by atoms with Crippen LogP contribution in [-0.4, -0.2) is 257 Å². The highest BCUT2D eigenvalue weighted by atomic mass is 16.4. The van der Waals surface area contributed by atoms with E-state index in [0.29, 0.717) is 49.0 Å². The lowest BCUT2D eigenvalue weighted by molar-refractivity contribution is -0.140. The number of H-pyrrole nitrogens is 2. The Labute approximate surface area is 574 Å². The smallest absolute Gasteiger partial charge is 0.317 e. The lowest BCUT2D eigenvalue weighted by Gasteiger charge is -2.32. The van der Waals surface area contributed by atoms with Crippen molar-refractivity contribution in [1.29, 1.82) is 5.41 Å². The van der Waals surface area contributed by atoms with Crippen LogP contribution >= 0.6 is 0 Å². The first kappa shape index (κ1) is 77.9. The Hall–Kier alpha value is -10.1. The van der Waals surface area contributed by atoms with Gasteiger partial charge in [0.05, 0.1) is 32.5 Å². The number of benzene rings is 3. The molecule has 6 rings (SSSR count). The number of amides is 7. The Bertz CT molecular complexity index is 3430. The minimum atomic E-state index is -1.38. The van der Waals surface area contributed by atoms with Gasteiger partial charge in [-0.1, -0.05) is 78.9 Å². The molecule has 99 heavy (non-hydrogen) atoms. The van der Waals surface area contributed by atoms with Gasteiger partial charge in [-0.15, -0.1) is 0 Å². The molecule has 5 atom stereocenters. The molecule has 0 saturated carbocycles. The van der Waals surface area contributed by atoms with E-state index in [-0.39, 0.29) is 155 Å². The summed E-state index contributed by atoms with van der Waals surface area (Å²) >= 11 is 0. The van der Waals surface area contributed by atoms with Crippen molar-refractivity contribution in [2.24, 2.45) is 11.5 Å². The number of aryl methyl sites for hydroxylation is 1. The lowest BCUT2D eigenvalue weighted by Crippen LogP contribution is -2.59. The van der Waals surface area contributed by atoms with Gasteiger partial charge >= 0.3 is 17.9 Å². The average Bonchev–Trinajstić information content (AvgIpc) is 1.73. The zero-order valence-corrected chi connectivity index (χ0v) is 55.5. The van der Waals surface area contributed by atoms with E-state index in [1.165, 1.54) is 12.5 Å². The fraction of sp³-hybridized carbons (Fsp3) is 0.470. The number of para-hydroxylation sites is 1. The molecule has 0 radical (unpaired) electrons. The highest BCUT2D eigenvalue weighted by Gasteiger charge is 2.33. The summed E-state index contributed by atoms with van der Waals surface area (Å²) < 4.78 is 0. The first-order chi connectivity index (χ1) is 47.6. The molecule has 5 aromatic rings. The number of aromatic amines is 2.